The molecule has 0 spiro atoms. The Morgan fingerprint density at radius 3 is 2.12 bits per heavy atom. The van der Waals surface area contributed by atoms with Crippen molar-refractivity contribution in [3.63, 3.8) is 0 Å². The Morgan fingerprint density at radius 1 is 1.00 bits per heavy atom. The molecule has 2 rings (SSSR count). The second-order valence-corrected chi connectivity index (χ2v) is 8.18. The number of carbonyl (C=O) groups is 1. The summed E-state index contributed by atoms with van der Waals surface area (Å²) in [5, 5.41) is 0. The van der Waals surface area contributed by atoms with Gasteiger partial charge in [0.1, 0.15) is 0 Å². The predicted molar refractivity (Wildman–Crippen MR) is 92.7 cm³/mol. The summed E-state index contributed by atoms with van der Waals surface area (Å²) in [7, 11) is -2.26. The van der Waals surface area contributed by atoms with Gasteiger partial charge >= 0.3 is 6.09 Å². The SMILES string of the molecule is COC(=O)N1CCCN(S(=O)(=O)c2c(C)c(C)cc(C)c2C)CC1. The van der Waals surface area contributed by atoms with Crippen molar-refractivity contribution < 1.29 is 17.9 Å². The molecule has 1 fully saturated rings. The Labute approximate surface area is 144 Å². The van der Waals surface area contributed by atoms with E-state index >= 15 is 0 Å². The van der Waals surface area contributed by atoms with Gasteiger partial charge in [-0.25, -0.2) is 13.2 Å². The Bertz CT molecular complexity index is 717. The minimum absolute atomic E-state index is 0.281. The first-order chi connectivity index (χ1) is 11.2. The first-order valence-electron chi connectivity index (χ1n) is 8.10. The fraction of sp³-hybridized carbons (Fsp3) is 0.588. The molecule has 7 heteroatoms. The second kappa shape index (κ2) is 7.11. The molecule has 24 heavy (non-hydrogen) atoms. The summed E-state index contributed by atoms with van der Waals surface area (Å²) in [5.41, 5.74) is 3.55. The molecule has 1 aromatic carbocycles. The normalized spacial score (nSPS) is 16.8. The van der Waals surface area contributed by atoms with E-state index in [-0.39, 0.29) is 6.54 Å². The molecular weight excluding hydrogens is 328 g/mol. The van der Waals surface area contributed by atoms with Gasteiger partial charge in [0.25, 0.3) is 0 Å². The van der Waals surface area contributed by atoms with Crippen molar-refractivity contribution in [1.29, 1.82) is 0 Å². The van der Waals surface area contributed by atoms with Crippen LogP contribution in [0, 0.1) is 27.7 Å². The maximum atomic E-state index is 13.2. The molecule has 1 saturated heterocycles. The van der Waals surface area contributed by atoms with Crippen LogP contribution in [0.2, 0.25) is 0 Å². The zero-order valence-electron chi connectivity index (χ0n) is 15.0. The number of aryl methyl sites for hydroxylation is 2. The van der Waals surface area contributed by atoms with Gasteiger partial charge in [-0.05, 0) is 56.4 Å². The van der Waals surface area contributed by atoms with Crippen molar-refractivity contribution in [3.05, 3.63) is 28.3 Å². The zero-order chi connectivity index (χ0) is 18.1. The molecule has 1 aliphatic rings. The second-order valence-electron chi connectivity index (χ2n) is 6.30. The number of amides is 1. The highest BCUT2D eigenvalue weighted by atomic mass is 32.2. The lowest BCUT2D eigenvalue weighted by molar-refractivity contribution is 0.126. The van der Waals surface area contributed by atoms with E-state index in [2.05, 4.69) is 0 Å². The van der Waals surface area contributed by atoms with E-state index in [0.29, 0.717) is 31.0 Å². The molecule has 0 atom stereocenters. The van der Waals surface area contributed by atoms with Gasteiger partial charge < -0.3 is 9.64 Å². The van der Waals surface area contributed by atoms with E-state index in [9.17, 15) is 13.2 Å². The van der Waals surface area contributed by atoms with E-state index in [1.54, 1.807) is 4.90 Å². The van der Waals surface area contributed by atoms with E-state index in [1.807, 2.05) is 33.8 Å². The third-order valence-electron chi connectivity index (χ3n) is 4.78. The van der Waals surface area contributed by atoms with Crippen LogP contribution in [0.5, 0.6) is 0 Å². The topological polar surface area (TPSA) is 66.9 Å². The van der Waals surface area contributed by atoms with Crippen molar-refractivity contribution in [1.82, 2.24) is 9.21 Å². The summed E-state index contributed by atoms with van der Waals surface area (Å²) in [6.07, 6.45) is 0.185. The minimum atomic E-state index is -3.59. The number of methoxy groups -OCH3 is 1. The molecule has 1 heterocycles. The average Bonchev–Trinajstić information content (AvgIpc) is 2.79. The van der Waals surface area contributed by atoms with Gasteiger partial charge in [0.2, 0.25) is 10.0 Å². The van der Waals surface area contributed by atoms with E-state index < -0.39 is 16.1 Å². The Balaban J connectivity index is 2.37. The van der Waals surface area contributed by atoms with Crippen molar-refractivity contribution in [2.75, 3.05) is 33.3 Å². The molecule has 0 bridgehead atoms. The monoisotopic (exact) mass is 354 g/mol. The van der Waals surface area contributed by atoms with Gasteiger partial charge in [0.15, 0.2) is 0 Å². The molecule has 0 aromatic heterocycles. The molecule has 6 nitrogen and oxygen atoms in total. The van der Waals surface area contributed by atoms with Crippen LogP contribution in [-0.4, -0.2) is 57.0 Å². The van der Waals surface area contributed by atoms with Crippen LogP contribution in [0.1, 0.15) is 28.7 Å². The maximum Gasteiger partial charge on any atom is 0.409 e. The van der Waals surface area contributed by atoms with Gasteiger partial charge in [-0.1, -0.05) is 6.07 Å². The summed E-state index contributed by atoms with van der Waals surface area (Å²) in [5.74, 6) is 0. The third kappa shape index (κ3) is 3.42. The molecule has 0 N–H and O–H groups in total. The lowest BCUT2D eigenvalue weighted by atomic mass is 10.0. The van der Waals surface area contributed by atoms with Gasteiger partial charge in [-0.15, -0.1) is 0 Å². The summed E-state index contributed by atoms with van der Waals surface area (Å²) in [6.45, 7) is 9.11. The lowest BCUT2D eigenvalue weighted by Gasteiger charge is -2.24. The molecular formula is C17H26N2O4S. The Kier molecular flexibility index (Phi) is 5.55. The molecule has 0 aliphatic carbocycles. The maximum absolute atomic E-state index is 13.2. The third-order valence-corrected chi connectivity index (χ3v) is 6.96. The number of hydrogen-bond donors (Lipinski definition) is 0. The highest BCUT2D eigenvalue weighted by molar-refractivity contribution is 7.89. The highest BCUT2D eigenvalue weighted by Gasteiger charge is 2.31. The smallest absolute Gasteiger partial charge is 0.409 e. The van der Waals surface area contributed by atoms with Gasteiger partial charge in [0.05, 0.1) is 12.0 Å². The standard InChI is InChI=1S/C17H26N2O4S/c1-12-11-13(2)15(4)16(14(12)3)24(21,22)19-8-6-7-18(9-10-19)17(20)23-5/h11H,6-10H2,1-5H3. The largest absolute Gasteiger partial charge is 0.453 e. The van der Waals surface area contributed by atoms with Crippen LogP contribution >= 0.6 is 0 Å². The Hall–Kier alpha value is -1.60. The van der Waals surface area contributed by atoms with Crippen molar-refractivity contribution in [3.8, 4) is 0 Å². The fourth-order valence-corrected chi connectivity index (χ4v) is 5.19. The fourth-order valence-electron chi connectivity index (χ4n) is 3.14. The summed E-state index contributed by atoms with van der Waals surface area (Å²) >= 11 is 0. The molecule has 0 radical (unpaired) electrons. The first kappa shape index (κ1) is 18.7. The predicted octanol–water partition coefficient (Wildman–Crippen LogP) is 2.38. The van der Waals surface area contributed by atoms with E-state index in [0.717, 1.165) is 22.3 Å². The summed E-state index contributed by atoms with van der Waals surface area (Å²) in [6, 6.07) is 2.02. The number of rotatable bonds is 2. The highest BCUT2D eigenvalue weighted by Crippen LogP contribution is 2.29. The van der Waals surface area contributed by atoms with Crippen LogP contribution in [0.15, 0.2) is 11.0 Å². The first-order valence-corrected chi connectivity index (χ1v) is 9.54. The zero-order valence-corrected chi connectivity index (χ0v) is 15.9. The van der Waals surface area contributed by atoms with E-state index in [1.165, 1.54) is 11.4 Å². The van der Waals surface area contributed by atoms with Crippen molar-refractivity contribution in [2.24, 2.45) is 0 Å². The van der Waals surface area contributed by atoms with Gasteiger partial charge in [-0.3, -0.25) is 0 Å². The van der Waals surface area contributed by atoms with Crippen LogP contribution in [0.4, 0.5) is 4.79 Å². The number of nitrogens with zero attached hydrogens (tertiary/aromatic N) is 2. The number of sulfonamides is 1. The lowest BCUT2D eigenvalue weighted by Crippen LogP contribution is -2.37. The Morgan fingerprint density at radius 2 is 1.58 bits per heavy atom. The van der Waals surface area contributed by atoms with Crippen molar-refractivity contribution >= 4 is 16.1 Å². The molecule has 1 amide bonds. The molecule has 0 unspecified atom stereocenters. The number of ether oxygens (including phenoxy) is 1. The van der Waals surface area contributed by atoms with Gasteiger partial charge in [0, 0.05) is 26.2 Å². The molecule has 1 aliphatic heterocycles. The number of benzene rings is 1. The number of hydrogen-bond acceptors (Lipinski definition) is 4. The summed E-state index contributed by atoms with van der Waals surface area (Å²) < 4.78 is 32.7. The summed E-state index contributed by atoms with van der Waals surface area (Å²) in [4.78, 5) is 13.6. The average molecular weight is 354 g/mol. The minimum Gasteiger partial charge on any atom is -0.453 e. The van der Waals surface area contributed by atoms with E-state index in [4.69, 9.17) is 4.74 Å². The molecule has 0 saturated carbocycles. The van der Waals surface area contributed by atoms with Crippen LogP contribution < -0.4 is 0 Å². The van der Waals surface area contributed by atoms with Crippen LogP contribution in [-0.2, 0) is 14.8 Å². The molecule has 1 aromatic rings. The molecule has 134 valence electrons. The van der Waals surface area contributed by atoms with Crippen molar-refractivity contribution in [2.45, 2.75) is 39.0 Å². The number of carbonyl (C=O) groups excluding carboxylic acids is 1. The van der Waals surface area contributed by atoms with Crippen LogP contribution in [0.3, 0.4) is 0 Å². The quantitative estimate of drug-likeness (QED) is 0.818. The van der Waals surface area contributed by atoms with Crippen LogP contribution in [0.25, 0.3) is 0 Å². The van der Waals surface area contributed by atoms with Gasteiger partial charge in [-0.2, -0.15) is 4.31 Å².